The maximum Gasteiger partial charge on any atom is 0.273 e. The number of benzene rings is 1. The Morgan fingerprint density at radius 3 is 3.00 bits per heavy atom. The van der Waals surface area contributed by atoms with Gasteiger partial charge in [-0.05, 0) is 30.0 Å². The molecule has 1 N–H and O–H groups in total. The zero-order valence-corrected chi connectivity index (χ0v) is 13.2. The first kappa shape index (κ1) is 14.6. The largest absolute Gasteiger partial charge is 0.364 e. The molecule has 0 unspecified atom stereocenters. The first-order valence-corrected chi connectivity index (χ1v) is 7.91. The van der Waals surface area contributed by atoms with E-state index in [0.29, 0.717) is 23.8 Å². The van der Waals surface area contributed by atoms with Crippen LogP contribution < -0.4 is 5.32 Å². The number of hydrogen-bond acceptors (Lipinski definition) is 6. The van der Waals surface area contributed by atoms with Crippen molar-refractivity contribution in [2.75, 3.05) is 0 Å². The molecule has 0 saturated heterocycles. The van der Waals surface area contributed by atoms with Gasteiger partial charge < -0.3 is 14.4 Å². The molecule has 3 aromatic rings. The molecule has 0 fully saturated rings. The molecule has 0 aliphatic heterocycles. The van der Waals surface area contributed by atoms with Gasteiger partial charge in [0.05, 0.1) is 6.04 Å². The molecular formula is C17H16N4O3. The summed E-state index contributed by atoms with van der Waals surface area (Å²) in [5.41, 5.74) is 3.54. The summed E-state index contributed by atoms with van der Waals surface area (Å²) in [4.78, 5) is 16.5. The number of nitrogens with one attached hydrogen (secondary N) is 1. The van der Waals surface area contributed by atoms with E-state index < -0.39 is 0 Å². The molecule has 4 rings (SSSR count). The van der Waals surface area contributed by atoms with Crippen molar-refractivity contribution in [1.82, 2.24) is 20.6 Å². The maximum absolute atomic E-state index is 12.1. The van der Waals surface area contributed by atoms with Crippen molar-refractivity contribution in [2.45, 2.75) is 32.2 Å². The standard InChI is InChI=1S/C17H16N4O3/c1-2-15-19-16(21-24-15)11-3-5-12-10(9-11)4-6-13(12)18-17(22)14-7-8-23-20-14/h3,5,7-9,13H,2,4,6H2,1H3,(H,18,22)/t13-/m1/s1. The Morgan fingerprint density at radius 2 is 2.25 bits per heavy atom. The van der Waals surface area contributed by atoms with Crippen LogP contribution in [0, 0.1) is 0 Å². The Balaban J connectivity index is 1.55. The first-order valence-electron chi connectivity index (χ1n) is 7.91. The van der Waals surface area contributed by atoms with Crippen LogP contribution >= 0.6 is 0 Å². The number of fused-ring (bicyclic) bond motifs is 1. The fourth-order valence-electron chi connectivity index (χ4n) is 2.98. The fraction of sp³-hybridized carbons (Fsp3) is 0.294. The Morgan fingerprint density at radius 1 is 1.33 bits per heavy atom. The van der Waals surface area contributed by atoms with E-state index in [4.69, 9.17) is 9.05 Å². The van der Waals surface area contributed by atoms with Gasteiger partial charge in [0, 0.05) is 18.1 Å². The van der Waals surface area contributed by atoms with E-state index >= 15 is 0 Å². The number of nitrogens with zero attached hydrogens (tertiary/aromatic N) is 3. The molecule has 2 heterocycles. The molecule has 1 aliphatic carbocycles. The minimum absolute atomic E-state index is 0.0188. The molecule has 1 aromatic carbocycles. The van der Waals surface area contributed by atoms with Gasteiger partial charge in [0.25, 0.3) is 5.91 Å². The minimum atomic E-state index is -0.226. The zero-order chi connectivity index (χ0) is 16.5. The van der Waals surface area contributed by atoms with Crippen molar-refractivity contribution in [3.63, 3.8) is 0 Å². The van der Waals surface area contributed by atoms with Gasteiger partial charge in [0.1, 0.15) is 6.26 Å². The molecule has 24 heavy (non-hydrogen) atoms. The lowest BCUT2D eigenvalue weighted by molar-refractivity contribution is 0.0927. The predicted molar refractivity (Wildman–Crippen MR) is 84.1 cm³/mol. The molecular weight excluding hydrogens is 308 g/mol. The Kier molecular flexibility index (Phi) is 3.60. The topological polar surface area (TPSA) is 94.1 Å². The quantitative estimate of drug-likeness (QED) is 0.793. The number of hydrogen-bond donors (Lipinski definition) is 1. The van der Waals surface area contributed by atoms with Gasteiger partial charge >= 0.3 is 0 Å². The Labute approximate surface area is 138 Å². The molecule has 0 radical (unpaired) electrons. The third kappa shape index (κ3) is 2.58. The summed E-state index contributed by atoms with van der Waals surface area (Å²) in [6, 6.07) is 7.59. The van der Waals surface area contributed by atoms with E-state index in [-0.39, 0.29) is 11.9 Å². The third-order valence-corrected chi connectivity index (χ3v) is 4.23. The average Bonchev–Trinajstić information content (AvgIpc) is 3.35. The molecule has 2 aromatic heterocycles. The smallest absolute Gasteiger partial charge is 0.273 e. The average molecular weight is 324 g/mol. The molecule has 7 nitrogen and oxygen atoms in total. The number of carbonyl (C=O) groups excluding carboxylic acids is 1. The van der Waals surface area contributed by atoms with Crippen molar-refractivity contribution in [1.29, 1.82) is 0 Å². The van der Waals surface area contributed by atoms with Crippen molar-refractivity contribution in [2.24, 2.45) is 0 Å². The summed E-state index contributed by atoms with van der Waals surface area (Å²) >= 11 is 0. The summed E-state index contributed by atoms with van der Waals surface area (Å²) in [5.74, 6) is 1.00. The van der Waals surface area contributed by atoms with Crippen LogP contribution in [0.1, 0.15) is 46.9 Å². The normalized spacial score (nSPS) is 16.1. The van der Waals surface area contributed by atoms with Crippen LogP contribution in [0.5, 0.6) is 0 Å². The van der Waals surface area contributed by atoms with E-state index in [1.165, 1.54) is 11.8 Å². The van der Waals surface area contributed by atoms with Gasteiger partial charge in [-0.3, -0.25) is 4.79 Å². The Bertz CT molecular complexity index is 870. The maximum atomic E-state index is 12.1. The summed E-state index contributed by atoms with van der Waals surface area (Å²) in [6.45, 7) is 1.97. The lowest BCUT2D eigenvalue weighted by atomic mass is 10.0. The highest BCUT2D eigenvalue weighted by Crippen LogP contribution is 2.33. The molecule has 0 bridgehead atoms. The fourth-order valence-corrected chi connectivity index (χ4v) is 2.98. The number of amides is 1. The van der Waals surface area contributed by atoms with Crippen LogP contribution in [0.15, 0.2) is 39.6 Å². The van der Waals surface area contributed by atoms with Crippen LogP contribution in [0.4, 0.5) is 0 Å². The van der Waals surface area contributed by atoms with Crippen LogP contribution in [0.25, 0.3) is 11.4 Å². The molecule has 1 atom stereocenters. The number of carbonyl (C=O) groups is 1. The molecule has 1 amide bonds. The predicted octanol–water partition coefficient (Wildman–Crippen LogP) is 2.70. The van der Waals surface area contributed by atoms with Gasteiger partial charge in [-0.1, -0.05) is 29.4 Å². The molecule has 122 valence electrons. The molecule has 7 heteroatoms. The second kappa shape index (κ2) is 5.92. The van der Waals surface area contributed by atoms with Crippen molar-refractivity contribution in [3.8, 4) is 11.4 Å². The van der Waals surface area contributed by atoms with E-state index in [0.717, 1.165) is 24.0 Å². The molecule has 0 saturated carbocycles. The van der Waals surface area contributed by atoms with Gasteiger partial charge in [-0.2, -0.15) is 4.98 Å². The highest BCUT2D eigenvalue weighted by molar-refractivity contribution is 5.92. The van der Waals surface area contributed by atoms with Crippen LogP contribution in [0.2, 0.25) is 0 Å². The van der Waals surface area contributed by atoms with Crippen molar-refractivity contribution < 1.29 is 13.8 Å². The highest BCUT2D eigenvalue weighted by Gasteiger charge is 2.25. The van der Waals surface area contributed by atoms with Gasteiger partial charge in [0.2, 0.25) is 11.7 Å². The van der Waals surface area contributed by atoms with E-state index in [1.807, 2.05) is 19.1 Å². The van der Waals surface area contributed by atoms with Crippen LogP contribution in [-0.2, 0) is 12.8 Å². The van der Waals surface area contributed by atoms with E-state index in [1.54, 1.807) is 6.07 Å². The molecule has 1 aliphatic rings. The lowest BCUT2D eigenvalue weighted by Crippen LogP contribution is -2.27. The zero-order valence-electron chi connectivity index (χ0n) is 13.2. The summed E-state index contributed by atoms with van der Waals surface area (Å²) in [5, 5.41) is 10.7. The van der Waals surface area contributed by atoms with Crippen molar-refractivity contribution in [3.05, 3.63) is 53.2 Å². The second-order valence-corrected chi connectivity index (χ2v) is 5.73. The highest BCUT2D eigenvalue weighted by atomic mass is 16.5. The number of aryl methyl sites for hydroxylation is 2. The van der Waals surface area contributed by atoms with Gasteiger partial charge in [-0.25, -0.2) is 0 Å². The minimum Gasteiger partial charge on any atom is -0.364 e. The third-order valence-electron chi connectivity index (χ3n) is 4.23. The Hall–Kier alpha value is -2.96. The summed E-state index contributed by atoms with van der Waals surface area (Å²) < 4.78 is 9.88. The van der Waals surface area contributed by atoms with Gasteiger partial charge in [0.15, 0.2) is 5.69 Å². The van der Waals surface area contributed by atoms with E-state index in [2.05, 4.69) is 26.7 Å². The van der Waals surface area contributed by atoms with Crippen LogP contribution in [-0.4, -0.2) is 21.2 Å². The van der Waals surface area contributed by atoms with E-state index in [9.17, 15) is 4.79 Å². The van der Waals surface area contributed by atoms with Crippen LogP contribution in [0.3, 0.4) is 0 Å². The molecule has 0 spiro atoms. The van der Waals surface area contributed by atoms with Crippen molar-refractivity contribution >= 4 is 5.91 Å². The monoisotopic (exact) mass is 324 g/mol. The number of aromatic nitrogens is 3. The van der Waals surface area contributed by atoms with Gasteiger partial charge in [-0.15, -0.1) is 0 Å². The first-order chi connectivity index (χ1) is 11.7. The number of rotatable bonds is 4. The SMILES string of the molecule is CCc1nc(-c2ccc3c(c2)CC[C@H]3NC(=O)c2ccon2)no1. The second-order valence-electron chi connectivity index (χ2n) is 5.73. The summed E-state index contributed by atoms with van der Waals surface area (Å²) in [7, 11) is 0. The lowest BCUT2D eigenvalue weighted by Gasteiger charge is -2.13. The summed E-state index contributed by atoms with van der Waals surface area (Å²) in [6.07, 6.45) is 3.85.